The highest BCUT2D eigenvalue weighted by Crippen LogP contribution is 2.37. The quantitative estimate of drug-likeness (QED) is 0.896. The summed E-state index contributed by atoms with van der Waals surface area (Å²) in [5.41, 5.74) is 8.84. The van der Waals surface area contributed by atoms with Crippen molar-refractivity contribution in [2.45, 2.75) is 45.1 Å². The van der Waals surface area contributed by atoms with E-state index in [1.165, 1.54) is 18.2 Å². The van der Waals surface area contributed by atoms with E-state index in [2.05, 4.69) is 44.2 Å². The third-order valence-electron chi connectivity index (χ3n) is 4.97. The van der Waals surface area contributed by atoms with E-state index in [0.717, 1.165) is 30.0 Å². The maximum Gasteiger partial charge on any atom is 0.0705 e. The molecule has 0 bridgehead atoms. The zero-order chi connectivity index (χ0) is 14.2. The molecule has 1 aliphatic carbocycles. The van der Waals surface area contributed by atoms with Gasteiger partial charge in [0.15, 0.2) is 0 Å². The molecule has 2 N–H and O–H groups in total. The van der Waals surface area contributed by atoms with E-state index in [1.54, 1.807) is 0 Å². The van der Waals surface area contributed by atoms with E-state index in [-0.39, 0.29) is 5.54 Å². The van der Waals surface area contributed by atoms with Crippen LogP contribution in [0.2, 0.25) is 0 Å². The molecule has 2 nitrogen and oxygen atoms in total. The predicted octanol–water partition coefficient (Wildman–Crippen LogP) is 3.93. The summed E-state index contributed by atoms with van der Waals surface area (Å²) in [4.78, 5) is 4.79. The molecule has 1 aromatic heterocycles. The highest BCUT2D eigenvalue weighted by atomic mass is 14.8. The molecule has 0 saturated heterocycles. The van der Waals surface area contributed by atoms with Gasteiger partial charge in [-0.15, -0.1) is 0 Å². The molecule has 106 valence electrons. The van der Waals surface area contributed by atoms with Gasteiger partial charge >= 0.3 is 0 Å². The summed E-state index contributed by atoms with van der Waals surface area (Å²) in [6.45, 7) is 4.62. The Morgan fingerprint density at radius 1 is 1.15 bits per heavy atom. The van der Waals surface area contributed by atoms with Gasteiger partial charge < -0.3 is 5.73 Å². The first kappa shape index (κ1) is 13.6. The van der Waals surface area contributed by atoms with Crippen LogP contribution in [0.5, 0.6) is 0 Å². The van der Waals surface area contributed by atoms with Crippen molar-refractivity contribution in [2.24, 2.45) is 17.6 Å². The minimum Gasteiger partial charge on any atom is -0.324 e. The lowest BCUT2D eigenvalue weighted by Gasteiger charge is -2.42. The Labute approximate surface area is 121 Å². The molecule has 1 aliphatic rings. The van der Waals surface area contributed by atoms with Gasteiger partial charge in [0.2, 0.25) is 0 Å². The summed E-state index contributed by atoms with van der Waals surface area (Å²) in [5.74, 6) is 1.31. The Kier molecular flexibility index (Phi) is 3.51. The average Bonchev–Trinajstić information content (AvgIpc) is 2.43. The summed E-state index contributed by atoms with van der Waals surface area (Å²) in [7, 11) is 0. The van der Waals surface area contributed by atoms with E-state index in [4.69, 9.17) is 10.7 Å². The van der Waals surface area contributed by atoms with Gasteiger partial charge in [0.05, 0.1) is 5.52 Å². The van der Waals surface area contributed by atoms with Crippen molar-refractivity contribution < 1.29 is 0 Å². The molecule has 2 heteroatoms. The van der Waals surface area contributed by atoms with Crippen molar-refractivity contribution in [1.82, 2.24) is 4.98 Å². The first-order valence-corrected chi connectivity index (χ1v) is 7.70. The number of pyridine rings is 1. The van der Waals surface area contributed by atoms with Gasteiger partial charge in [-0.3, -0.25) is 4.98 Å². The lowest BCUT2D eigenvalue weighted by atomic mass is 9.68. The predicted molar refractivity (Wildman–Crippen MR) is 84.5 cm³/mol. The summed E-state index contributed by atoms with van der Waals surface area (Å²) < 4.78 is 0. The fourth-order valence-electron chi connectivity index (χ4n) is 3.56. The van der Waals surface area contributed by atoms with Gasteiger partial charge in [0.1, 0.15) is 0 Å². The van der Waals surface area contributed by atoms with Gasteiger partial charge in [-0.2, -0.15) is 0 Å². The molecule has 1 fully saturated rings. The Balaban J connectivity index is 1.87. The Bertz CT molecular complexity index is 607. The Hall–Kier alpha value is -1.41. The van der Waals surface area contributed by atoms with Crippen molar-refractivity contribution in [2.75, 3.05) is 0 Å². The molecular weight excluding hydrogens is 244 g/mol. The standard InChI is InChI=1S/C18H24N2/c1-13-7-8-14(2)18(19,11-13)12-16-10-9-15-5-3-4-6-17(15)20-16/h3-6,9-10,13-14H,7-8,11-12,19H2,1-2H3. The minimum atomic E-state index is -0.0902. The fourth-order valence-corrected chi connectivity index (χ4v) is 3.56. The number of rotatable bonds is 2. The maximum absolute atomic E-state index is 6.73. The van der Waals surface area contributed by atoms with E-state index >= 15 is 0 Å². The molecule has 0 radical (unpaired) electrons. The zero-order valence-electron chi connectivity index (χ0n) is 12.5. The second-order valence-corrected chi connectivity index (χ2v) is 6.69. The van der Waals surface area contributed by atoms with Gasteiger partial charge in [0.25, 0.3) is 0 Å². The van der Waals surface area contributed by atoms with Crippen LogP contribution in [0.25, 0.3) is 10.9 Å². The number of aromatic nitrogens is 1. The van der Waals surface area contributed by atoms with Gasteiger partial charge in [-0.05, 0) is 36.8 Å². The third-order valence-corrected chi connectivity index (χ3v) is 4.97. The maximum atomic E-state index is 6.73. The van der Waals surface area contributed by atoms with Crippen LogP contribution in [-0.2, 0) is 6.42 Å². The van der Waals surface area contributed by atoms with E-state index < -0.39 is 0 Å². The second kappa shape index (κ2) is 5.17. The van der Waals surface area contributed by atoms with Gasteiger partial charge in [-0.25, -0.2) is 0 Å². The van der Waals surface area contributed by atoms with E-state index in [1.807, 2.05) is 6.07 Å². The minimum absolute atomic E-state index is 0.0902. The first-order chi connectivity index (χ1) is 9.57. The average molecular weight is 268 g/mol. The molecular formula is C18H24N2. The number of para-hydroxylation sites is 1. The van der Waals surface area contributed by atoms with E-state index in [0.29, 0.717) is 5.92 Å². The monoisotopic (exact) mass is 268 g/mol. The topological polar surface area (TPSA) is 38.9 Å². The van der Waals surface area contributed by atoms with Crippen molar-refractivity contribution in [3.8, 4) is 0 Å². The molecule has 1 aromatic carbocycles. The SMILES string of the molecule is CC1CCC(C)C(N)(Cc2ccc3ccccc3n2)C1. The molecule has 0 spiro atoms. The fraction of sp³-hybridized carbons (Fsp3) is 0.500. The summed E-state index contributed by atoms with van der Waals surface area (Å²) in [6.07, 6.45) is 4.56. The number of nitrogens with two attached hydrogens (primary N) is 1. The van der Waals surface area contributed by atoms with Crippen molar-refractivity contribution in [1.29, 1.82) is 0 Å². The molecule has 3 atom stereocenters. The van der Waals surface area contributed by atoms with Crippen LogP contribution in [0.4, 0.5) is 0 Å². The Morgan fingerprint density at radius 2 is 1.95 bits per heavy atom. The molecule has 20 heavy (non-hydrogen) atoms. The molecule has 3 rings (SSSR count). The normalized spacial score (nSPS) is 30.6. The molecule has 3 unspecified atom stereocenters. The third kappa shape index (κ3) is 2.57. The largest absolute Gasteiger partial charge is 0.324 e. The molecule has 2 aromatic rings. The lowest BCUT2D eigenvalue weighted by Crippen LogP contribution is -2.51. The van der Waals surface area contributed by atoms with Crippen molar-refractivity contribution in [3.63, 3.8) is 0 Å². The number of hydrogen-bond acceptors (Lipinski definition) is 2. The molecule has 1 saturated carbocycles. The van der Waals surface area contributed by atoms with Crippen LogP contribution in [0, 0.1) is 11.8 Å². The number of hydrogen-bond donors (Lipinski definition) is 1. The highest BCUT2D eigenvalue weighted by molar-refractivity contribution is 5.78. The molecule has 1 heterocycles. The summed E-state index contributed by atoms with van der Waals surface area (Å²) in [5, 5.41) is 1.20. The number of fused-ring (bicyclic) bond motifs is 1. The van der Waals surface area contributed by atoms with Crippen molar-refractivity contribution in [3.05, 3.63) is 42.1 Å². The number of nitrogens with zero attached hydrogens (tertiary/aromatic N) is 1. The van der Waals surface area contributed by atoms with Gasteiger partial charge in [0, 0.05) is 23.0 Å². The molecule has 0 aliphatic heterocycles. The zero-order valence-corrected chi connectivity index (χ0v) is 12.5. The first-order valence-electron chi connectivity index (χ1n) is 7.70. The number of benzene rings is 1. The summed E-state index contributed by atoms with van der Waals surface area (Å²) >= 11 is 0. The van der Waals surface area contributed by atoms with Crippen LogP contribution < -0.4 is 5.73 Å². The lowest BCUT2D eigenvalue weighted by molar-refractivity contribution is 0.160. The smallest absolute Gasteiger partial charge is 0.0705 e. The van der Waals surface area contributed by atoms with Gasteiger partial charge in [-0.1, -0.05) is 44.5 Å². The van der Waals surface area contributed by atoms with E-state index in [9.17, 15) is 0 Å². The van der Waals surface area contributed by atoms with Crippen LogP contribution in [0.3, 0.4) is 0 Å². The van der Waals surface area contributed by atoms with Crippen LogP contribution >= 0.6 is 0 Å². The second-order valence-electron chi connectivity index (χ2n) is 6.69. The molecule has 0 amide bonds. The summed E-state index contributed by atoms with van der Waals surface area (Å²) in [6, 6.07) is 12.6. The van der Waals surface area contributed by atoms with Crippen LogP contribution in [0.1, 0.15) is 38.8 Å². The Morgan fingerprint density at radius 3 is 2.80 bits per heavy atom. The van der Waals surface area contributed by atoms with Crippen molar-refractivity contribution >= 4 is 10.9 Å². The van der Waals surface area contributed by atoms with Crippen LogP contribution in [0.15, 0.2) is 36.4 Å². The highest BCUT2D eigenvalue weighted by Gasteiger charge is 2.37. The van der Waals surface area contributed by atoms with Crippen LogP contribution in [-0.4, -0.2) is 10.5 Å².